The average Bonchev–Trinajstić information content (AvgIpc) is 2.76. The van der Waals surface area contributed by atoms with Crippen molar-refractivity contribution in [1.29, 1.82) is 0 Å². The van der Waals surface area contributed by atoms with Crippen LogP contribution in [-0.2, 0) is 13.1 Å². The molecule has 0 saturated heterocycles. The Balaban J connectivity index is 1.32. The standard InChI is InChI=1S/C28H46N4/c1-25-17-21-31(27(29)23-25)19-15-13-11-9-7-5-3-4-6-8-10-12-14-16-20-32-22-18-26(2)24-28(32)30/h17-18,21-24,29-30H,3-16,19-20H2,1-2H3/p+2. The SMILES string of the molecule is Cc1cc[n+](CCCCCCCCCCCCCCCC[n+]2ccc(C)cc2N)c(N)c1. The third-order valence-electron chi connectivity index (χ3n) is 6.50. The summed E-state index contributed by atoms with van der Waals surface area (Å²) in [5, 5.41) is 0. The second-order valence-corrected chi connectivity index (χ2v) is 9.59. The maximum atomic E-state index is 6.07. The van der Waals surface area contributed by atoms with E-state index in [2.05, 4.69) is 59.6 Å². The Hall–Kier alpha value is -2.10. The molecule has 0 bridgehead atoms. The highest BCUT2D eigenvalue weighted by molar-refractivity contribution is 5.25. The topological polar surface area (TPSA) is 59.8 Å². The molecule has 0 aliphatic rings. The molecule has 0 atom stereocenters. The van der Waals surface area contributed by atoms with E-state index in [0.29, 0.717) is 0 Å². The van der Waals surface area contributed by atoms with E-state index in [1.54, 1.807) is 0 Å². The van der Waals surface area contributed by atoms with Gasteiger partial charge < -0.3 is 0 Å². The summed E-state index contributed by atoms with van der Waals surface area (Å²) in [5.74, 6) is 1.77. The summed E-state index contributed by atoms with van der Waals surface area (Å²) in [4.78, 5) is 0. The van der Waals surface area contributed by atoms with Gasteiger partial charge in [0.2, 0.25) is 0 Å². The molecule has 178 valence electrons. The number of nitrogen functional groups attached to an aromatic ring is 2. The molecule has 2 aromatic heterocycles. The molecule has 4 heteroatoms. The second-order valence-electron chi connectivity index (χ2n) is 9.59. The molecule has 0 unspecified atom stereocenters. The fourth-order valence-corrected chi connectivity index (χ4v) is 4.41. The van der Waals surface area contributed by atoms with Crippen molar-refractivity contribution in [2.45, 2.75) is 117 Å². The molecule has 0 aliphatic heterocycles. The summed E-state index contributed by atoms with van der Waals surface area (Å²) in [5.41, 5.74) is 14.6. The van der Waals surface area contributed by atoms with Gasteiger partial charge in [0.25, 0.3) is 11.6 Å². The predicted octanol–water partition coefficient (Wildman–Crippen LogP) is 6.20. The van der Waals surface area contributed by atoms with Crippen LogP contribution in [0.15, 0.2) is 36.7 Å². The molecule has 0 saturated carbocycles. The zero-order chi connectivity index (χ0) is 23.0. The molecular formula is C28H48N4+2. The lowest BCUT2D eigenvalue weighted by Gasteiger charge is -2.05. The minimum Gasteiger partial charge on any atom is -0.287 e. The molecule has 0 spiro atoms. The van der Waals surface area contributed by atoms with Crippen LogP contribution in [0.1, 0.15) is 101 Å². The van der Waals surface area contributed by atoms with Gasteiger partial charge in [-0.05, 0) is 62.8 Å². The molecule has 0 radical (unpaired) electrons. The van der Waals surface area contributed by atoms with Crippen LogP contribution in [-0.4, -0.2) is 0 Å². The highest BCUT2D eigenvalue weighted by Crippen LogP contribution is 2.13. The normalized spacial score (nSPS) is 11.2. The molecule has 2 heterocycles. The molecule has 32 heavy (non-hydrogen) atoms. The van der Waals surface area contributed by atoms with E-state index in [0.717, 1.165) is 24.7 Å². The van der Waals surface area contributed by atoms with Crippen LogP contribution in [0.5, 0.6) is 0 Å². The van der Waals surface area contributed by atoms with Gasteiger partial charge in [0.1, 0.15) is 0 Å². The number of nitrogens with zero attached hydrogens (tertiary/aromatic N) is 2. The molecule has 0 aliphatic carbocycles. The van der Waals surface area contributed by atoms with Gasteiger partial charge in [-0.25, -0.2) is 9.13 Å². The predicted molar refractivity (Wildman–Crippen MR) is 136 cm³/mol. The van der Waals surface area contributed by atoms with Gasteiger partial charge in [-0.2, -0.15) is 0 Å². The summed E-state index contributed by atoms with van der Waals surface area (Å²) < 4.78 is 4.35. The van der Waals surface area contributed by atoms with E-state index >= 15 is 0 Å². The van der Waals surface area contributed by atoms with Crippen molar-refractivity contribution in [1.82, 2.24) is 0 Å². The van der Waals surface area contributed by atoms with E-state index in [9.17, 15) is 0 Å². The maximum Gasteiger partial charge on any atom is 0.272 e. The number of unbranched alkanes of at least 4 members (excludes halogenated alkanes) is 13. The van der Waals surface area contributed by atoms with Crippen molar-refractivity contribution in [3.63, 3.8) is 0 Å². The number of aromatic nitrogens is 2. The smallest absolute Gasteiger partial charge is 0.272 e. The number of nitrogens with two attached hydrogens (primary N) is 2. The van der Waals surface area contributed by atoms with Crippen LogP contribution in [0, 0.1) is 13.8 Å². The Morgan fingerprint density at radius 2 is 0.781 bits per heavy atom. The third kappa shape index (κ3) is 11.0. The number of rotatable bonds is 17. The molecular weight excluding hydrogens is 392 g/mol. The first-order valence-electron chi connectivity index (χ1n) is 13.1. The van der Waals surface area contributed by atoms with E-state index in [-0.39, 0.29) is 0 Å². The third-order valence-corrected chi connectivity index (χ3v) is 6.50. The minimum atomic E-state index is 0.886. The molecule has 4 N–H and O–H groups in total. The van der Waals surface area contributed by atoms with Crippen molar-refractivity contribution < 1.29 is 9.13 Å². The van der Waals surface area contributed by atoms with E-state index in [1.807, 2.05) is 0 Å². The van der Waals surface area contributed by atoms with Gasteiger partial charge in [0.05, 0.1) is 25.5 Å². The van der Waals surface area contributed by atoms with E-state index in [4.69, 9.17) is 11.5 Å². The zero-order valence-electron chi connectivity index (χ0n) is 20.8. The summed E-state index contributed by atoms with van der Waals surface area (Å²) in [6.45, 7) is 6.27. The van der Waals surface area contributed by atoms with Crippen molar-refractivity contribution >= 4 is 11.6 Å². The largest absolute Gasteiger partial charge is 0.287 e. The Labute approximate surface area is 197 Å². The van der Waals surface area contributed by atoms with Crippen LogP contribution >= 0.6 is 0 Å². The Morgan fingerprint density at radius 1 is 0.500 bits per heavy atom. The van der Waals surface area contributed by atoms with E-state index in [1.165, 1.54) is 101 Å². The first-order chi connectivity index (χ1) is 15.6. The number of aryl methyl sites for hydroxylation is 4. The first kappa shape index (κ1) is 26.2. The monoisotopic (exact) mass is 440 g/mol. The molecule has 0 aromatic carbocycles. The number of hydrogen-bond acceptors (Lipinski definition) is 2. The summed E-state index contributed by atoms with van der Waals surface area (Å²) in [6.07, 6.45) is 23.3. The highest BCUT2D eigenvalue weighted by Gasteiger charge is 2.04. The van der Waals surface area contributed by atoms with Gasteiger partial charge in [0, 0.05) is 12.1 Å². The Kier molecular flexibility index (Phi) is 12.8. The summed E-state index contributed by atoms with van der Waals surface area (Å²) >= 11 is 0. The minimum absolute atomic E-state index is 0.886. The lowest BCUT2D eigenvalue weighted by molar-refractivity contribution is -0.683. The van der Waals surface area contributed by atoms with Crippen LogP contribution in [0.3, 0.4) is 0 Å². The fourth-order valence-electron chi connectivity index (χ4n) is 4.41. The average molecular weight is 441 g/mol. The maximum absolute atomic E-state index is 6.07. The highest BCUT2D eigenvalue weighted by atomic mass is 15.0. The summed E-state index contributed by atoms with van der Waals surface area (Å²) in [7, 11) is 0. The van der Waals surface area contributed by atoms with Crippen LogP contribution in [0.25, 0.3) is 0 Å². The Morgan fingerprint density at radius 3 is 1.06 bits per heavy atom. The first-order valence-corrected chi connectivity index (χ1v) is 13.1. The van der Waals surface area contributed by atoms with Gasteiger partial charge in [-0.1, -0.05) is 64.2 Å². The number of hydrogen-bond donors (Lipinski definition) is 2. The van der Waals surface area contributed by atoms with Gasteiger partial charge in [-0.15, -0.1) is 0 Å². The molecule has 4 nitrogen and oxygen atoms in total. The van der Waals surface area contributed by atoms with Crippen molar-refractivity contribution in [3.05, 3.63) is 47.8 Å². The molecule has 0 amide bonds. The fraction of sp³-hybridized carbons (Fsp3) is 0.643. The molecule has 0 fully saturated rings. The quantitative estimate of drug-likeness (QED) is 0.227. The number of pyridine rings is 2. The van der Waals surface area contributed by atoms with Gasteiger partial charge in [0.15, 0.2) is 0 Å². The number of anilines is 2. The Bertz CT molecular complexity index is 707. The van der Waals surface area contributed by atoms with Gasteiger partial charge >= 0.3 is 0 Å². The van der Waals surface area contributed by atoms with Crippen LogP contribution in [0.2, 0.25) is 0 Å². The van der Waals surface area contributed by atoms with Crippen molar-refractivity contribution in [2.75, 3.05) is 11.5 Å². The lowest BCUT2D eigenvalue weighted by atomic mass is 10.0. The lowest BCUT2D eigenvalue weighted by Crippen LogP contribution is -2.36. The zero-order valence-corrected chi connectivity index (χ0v) is 20.8. The van der Waals surface area contributed by atoms with Crippen LogP contribution in [0.4, 0.5) is 11.6 Å². The summed E-state index contributed by atoms with van der Waals surface area (Å²) in [6, 6.07) is 8.39. The van der Waals surface area contributed by atoms with Crippen molar-refractivity contribution in [3.8, 4) is 0 Å². The molecule has 2 rings (SSSR count). The van der Waals surface area contributed by atoms with Gasteiger partial charge in [-0.3, -0.25) is 11.5 Å². The second kappa shape index (κ2) is 15.7. The molecule has 2 aromatic rings. The van der Waals surface area contributed by atoms with Crippen molar-refractivity contribution in [2.24, 2.45) is 0 Å². The van der Waals surface area contributed by atoms with E-state index < -0.39 is 0 Å². The van der Waals surface area contributed by atoms with Crippen LogP contribution < -0.4 is 20.6 Å².